The number of aryl methyl sites for hydroxylation is 1. The quantitative estimate of drug-likeness (QED) is 0.847. The second-order valence-electron chi connectivity index (χ2n) is 4.19. The number of carbonyl (C=O) groups is 1. The molecular formula is C14H13BrN2O2. The molecule has 0 fully saturated rings. The van der Waals surface area contributed by atoms with Crippen molar-refractivity contribution in [3.8, 4) is 0 Å². The number of carboxylic acids is 1. The van der Waals surface area contributed by atoms with Gasteiger partial charge in [-0.2, -0.15) is 0 Å². The first-order valence-electron chi connectivity index (χ1n) is 5.74. The van der Waals surface area contributed by atoms with Crippen LogP contribution in [-0.2, 0) is 6.54 Å². The molecule has 98 valence electrons. The first-order chi connectivity index (χ1) is 9.06. The molecule has 2 rings (SSSR count). The molecule has 2 aromatic rings. The Morgan fingerprint density at radius 3 is 2.63 bits per heavy atom. The van der Waals surface area contributed by atoms with Crippen LogP contribution in [0.3, 0.4) is 0 Å². The van der Waals surface area contributed by atoms with Crippen LogP contribution in [0, 0.1) is 6.92 Å². The van der Waals surface area contributed by atoms with Gasteiger partial charge in [0.05, 0.1) is 17.4 Å². The van der Waals surface area contributed by atoms with Crippen LogP contribution in [0.25, 0.3) is 0 Å². The van der Waals surface area contributed by atoms with Crippen molar-refractivity contribution in [3.63, 3.8) is 0 Å². The van der Waals surface area contributed by atoms with Crippen LogP contribution in [0.5, 0.6) is 0 Å². The lowest BCUT2D eigenvalue weighted by atomic mass is 10.1. The van der Waals surface area contributed by atoms with Gasteiger partial charge in [0.2, 0.25) is 0 Å². The molecule has 0 bridgehead atoms. The van der Waals surface area contributed by atoms with Crippen LogP contribution in [0.1, 0.15) is 21.5 Å². The zero-order valence-electron chi connectivity index (χ0n) is 10.4. The van der Waals surface area contributed by atoms with Crippen molar-refractivity contribution in [2.75, 3.05) is 5.32 Å². The number of anilines is 1. The summed E-state index contributed by atoms with van der Waals surface area (Å²) in [7, 11) is 0. The molecule has 0 spiro atoms. The fourth-order valence-corrected chi connectivity index (χ4v) is 1.84. The Balaban J connectivity index is 2.01. The SMILES string of the molecule is Cc1cc(NCc2ccc(C(=O)O)cc2)cnc1Br. The lowest BCUT2D eigenvalue weighted by molar-refractivity contribution is 0.0697. The second kappa shape index (κ2) is 5.84. The Morgan fingerprint density at radius 1 is 1.37 bits per heavy atom. The molecule has 1 aromatic heterocycles. The summed E-state index contributed by atoms with van der Waals surface area (Å²) >= 11 is 3.35. The number of benzene rings is 1. The second-order valence-corrected chi connectivity index (χ2v) is 4.94. The first-order valence-corrected chi connectivity index (χ1v) is 6.54. The van der Waals surface area contributed by atoms with E-state index in [9.17, 15) is 4.79 Å². The van der Waals surface area contributed by atoms with E-state index in [-0.39, 0.29) is 0 Å². The van der Waals surface area contributed by atoms with Crippen molar-refractivity contribution in [1.82, 2.24) is 4.98 Å². The van der Waals surface area contributed by atoms with E-state index in [2.05, 4.69) is 26.2 Å². The molecule has 5 heteroatoms. The number of carboxylic acid groups (broad SMARTS) is 1. The van der Waals surface area contributed by atoms with Crippen LogP contribution in [0.2, 0.25) is 0 Å². The third kappa shape index (κ3) is 3.54. The van der Waals surface area contributed by atoms with Crippen LogP contribution < -0.4 is 5.32 Å². The predicted molar refractivity (Wildman–Crippen MR) is 77.4 cm³/mol. The van der Waals surface area contributed by atoms with Crippen molar-refractivity contribution in [2.45, 2.75) is 13.5 Å². The fraction of sp³-hybridized carbons (Fsp3) is 0.143. The zero-order valence-corrected chi connectivity index (χ0v) is 11.9. The summed E-state index contributed by atoms with van der Waals surface area (Å²) in [4.78, 5) is 14.9. The van der Waals surface area contributed by atoms with E-state index in [0.29, 0.717) is 12.1 Å². The third-order valence-electron chi connectivity index (χ3n) is 2.71. The highest BCUT2D eigenvalue weighted by molar-refractivity contribution is 9.10. The summed E-state index contributed by atoms with van der Waals surface area (Å²) in [5.74, 6) is -0.910. The topological polar surface area (TPSA) is 62.2 Å². The summed E-state index contributed by atoms with van der Waals surface area (Å²) in [5, 5.41) is 12.1. The lowest BCUT2D eigenvalue weighted by Crippen LogP contribution is -2.02. The van der Waals surface area contributed by atoms with Gasteiger partial charge in [-0.1, -0.05) is 12.1 Å². The maximum Gasteiger partial charge on any atom is 0.335 e. The fourth-order valence-electron chi connectivity index (χ4n) is 1.62. The van der Waals surface area contributed by atoms with Gasteiger partial charge in [-0.3, -0.25) is 0 Å². The molecule has 0 aliphatic carbocycles. The highest BCUT2D eigenvalue weighted by Gasteiger charge is 2.02. The zero-order chi connectivity index (χ0) is 13.8. The Bertz CT molecular complexity index is 597. The minimum absolute atomic E-state index is 0.296. The monoisotopic (exact) mass is 320 g/mol. The van der Waals surface area contributed by atoms with E-state index in [1.807, 2.05) is 13.0 Å². The van der Waals surface area contributed by atoms with Crippen LogP contribution in [-0.4, -0.2) is 16.1 Å². The van der Waals surface area contributed by atoms with E-state index in [1.54, 1.807) is 30.5 Å². The molecule has 0 saturated carbocycles. The smallest absolute Gasteiger partial charge is 0.335 e. The number of halogens is 1. The van der Waals surface area contributed by atoms with Crippen molar-refractivity contribution in [1.29, 1.82) is 0 Å². The summed E-state index contributed by atoms with van der Waals surface area (Å²) < 4.78 is 0.837. The van der Waals surface area contributed by atoms with E-state index >= 15 is 0 Å². The Morgan fingerprint density at radius 2 is 2.05 bits per heavy atom. The molecule has 0 saturated heterocycles. The molecule has 0 amide bonds. The molecular weight excluding hydrogens is 308 g/mol. The Kier molecular flexibility index (Phi) is 4.16. The Hall–Kier alpha value is -1.88. The first kappa shape index (κ1) is 13.5. The maximum absolute atomic E-state index is 10.7. The van der Waals surface area contributed by atoms with Crippen molar-refractivity contribution >= 4 is 27.6 Å². The van der Waals surface area contributed by atoms with Crippen molar-refractivity contribution in [3.05, 3.63) is 57.8 Å². The third-order valence-corrected chi connectivity index (χ3v) is 3.54. The minimum atomic E-state index is -0.910. The van der Waals surface area contributed by atoms with E-state index in [1.165, 1.54) is 0 Å². The minimum Gasteiger partial charge on any atom is -0.478 e. The van der Waals surface area contributed by atoms with Crippen molar-refractivity contribution < 1.29 is 9.90 Å². The van der Waals surface area contributed by atoms with Gasteiger partial charge in [-0.25, -0.2) is 9.78 Å². The number of nitrogens with one attached hydrogen (secondary N) is 1. The lowest BCUT2D eigenvalue weighted by Gasteiger charge is -2.08. The van der Waals surface area contributed by atoms with Gasteiger partial charge in [0.15, 0.2) is 0 Å². The van der Waals surface area contributed by atoms with Gasteiger partial charge < -0.3 is 10.4 Å². The molecule has 0 radical (unpaired) electrons. The van der Waals surface area contributed by atoms with Gasteiger partial charge in [0, 0.05) is 6.54 Å². The van der Waals surface area contributed by atoms with E-state index in [0.717, 1.165) is 21.4 Å². The average Bonchev–Trinajstić information content (AvgIpc) is 2.40. The molecule has 2 N–H and O–H groups in total. The number of aromatic carboxylic acids is 1. The number of aromatic nitrogens is 1. The standard InChI is InChI=1S/C14H13BrN2O2/c1-9-6-12(8-17-13(9)15)16-7-10-2-4-11(5-3-10)14(18)19/h2-6,8,16H,7H2,1H3,(H,18,19). The van der Waals surface area contributed by atoms with Gasteiger partial charge in [-0.15, -0.1) is 0 Å². The van der Waals surface area contributed by atoms with Gasteiger partial charge in [0.25, 0.3) is 0 Å². The van der Waals surface area contributed by atoms with Crippen LogP contribution in [0.15, 0.2) is 41.1 Å². The summed E-state index contributed by atoms with van der Waals surface area (Å²) in [6.45, 7) is 2.60. The van der Waals surface area contributed by atoms with Gasteiger partial charge in [-0.05, 0) is 52.2 Å². The molecule has 1 heterocycles. The number of rotatable bonds is 4. The largest absolute Gasteiger partial charge is 0.478 e. The molecule has 0 aliphatic heterocycles. The molecule has 19 heavy (non-hydrogen) atoms. The van der Waals surface area contributed by atoms with Gasteiger partial charge >= 0.3 is 5.97 Å². The number of nitrogens with zero attached hydrogens (tertiary/aromatic N) is 1. The van der Waals surface area contributed by atoms with Crippen LogP contribution in [0.4, 0.5) is 5.69 Å². The predicted octanol–water partition coefficient (Wildman–Crippen LogP) is 3.46. The van der Waals surface area contributed by atoms with E-state index < -0.39 is 5.97 Å². The maximum atomic E-state index is 10.7. The number of hydrogen-bond acceptors (Lipinski definition) is 3. The average molecular weight is 321 g/mol. The normalized spacial score (nSPS) is 10.2. The summed E-state index contributed by atoms with van der Waals surface area (Å²) in [6, 6.07) is 8.81. The molecule has 0 aliphatic rings. The summed E-state index contributed by atoms with van der Waals surface area (Å²) in [6.07, 6.45) is 1.75. The van der Waals surface area contributed by atoms with E-state index in [4.69, 9.17) is 5.11 Å². The number of hydrogen-bond donors (Lipinski definition) is 2. The molecule has 0 unspecified atom stereocenters. The highest BCUT2D eigenvalue weighted by atomic mass is 79.9. The van der Waals surface area contributed by atoms with Crippen molar-refractivity contribution in [2.24, 2.45) is 0 Å². The number of pyridine rings is 1. The van der Waals surface area contributed by atoms with Crippen LogP contribution >= 0.6 is 15.9 Å². The molecule has 0 atom stereocenters. The van der Waals surface area contributed by atoms with Gasteiger partial charge in [0.1, 0.15) is 4.60 Å². The molecule has 4 nitrogen and oxygen atoms in total. The Labute approximate surface area is 119 Å². The highest BCUT2D eigenvalue weighted by Crippen LogP contribution is 2.17. The summed E-state index contributed by atoms with van der Waals surface area (Å²) in [5.41, 5.74) is 3.31. The molecule has 1 aromatic carbocycles.